The van der Waals surface area contributed by atoms with E-state index in [0.29, 0.717) is 30.2 Å². The molecule has 1 aliphatic rings. The van der Waals surface area contributed by atoms with Gasteiger partial charge in [0.1, 0.15) is 11.9 Å². The molecule has 2 heterocycles. The van der Waals surface area contributed by atoms with E-state index in [0.717, 1.165) is 12.1 Å². The van der Waals surface area contributed by atoms with E-state index in [2.05, 4.69) is 20.5 Å². The summed E-state index contributed by atoms with van der Waals surface area (Å²) in [4.78, 5) is 33.2. The maximum absolute atomic E-state index is 14.0. The van der Waals surface area contributed by atoms with Crippen molar-refractivity contribution in [2.75, 3.05) is 7.05 Å². The summed E-state index contributed by atoms with van der Waals surface area (Å²) in [7, 11) is 1.95. The summed E-state index contributed by atoms with van der Waals surface area (Å²) >= 11 is 0. The van der Waals surface area contributed by atoms with Gasteiger partial charge in [-0.1, -0.05) is 20.8 Å². The van der Waals surface area contributed by atoms with Crippen LogP contribution < -0.4 is 10.6 Å². The van der Waals surface area contributed by atoms with Gasteiger partial charge >= 0.3 is 0 Å². The molecule has 0 aliphatic carbocycles. The van der Waals surface area contributed by atoms with Crippen LogP contribution in [0.2, 0.25) is 0 Å². The first kappa shape index (κ1) is 25.8. The van der Waals surface area contributed by atoms with Crippen LogP contribution in [0.4, 0.5) is 8.78 Å². The van der Waals surface area contributed by atoms with Crippen LogP contribution in [0.25, 0.3) is 11.4 Å². The SMILES string of the molecule is CC1Cn2c(-c3ccc(F)c(F)c3)nc(C(=O)NC(C(=O)NC(C)(C)C)C(C)(C)C)c2CN1C. The second kappa shape index (κ2) is 9.09. The summed E-state index contributed by atoms with van der Waals surface area (Å²) in [5.41, 5.74) is 0.211. The summed E-state index contributed by atoms with van der Waals surface area (Å²) in [6, 6.07) is 2.94. The van der Waals surface area contributed by atoms with Crippen molar-refractivity contribution in [1.29, 1.82) is 0 Å². The number of benzene rings is 1. The van der Waals surface area contributed by atoms with E-state index < -0.39 is 34.5 Å². The molecule has 2 unspecified atom stereocenters. The second-order valence-electron chi connectivity index (χ2n) is 11.2. The third-order valence-electron chi connectivity index (χ3n) is 5.97. The number of imidazole rings is 1. The molecular formula is C25H35F2N5O2. The lowest BCUT2D eigenvalue weighted by atomic mass is 9.85. The molecule has 0 spiro atoms. The summed E-state index contributed by atoms with van der Waals surface area (Å²) < 4.78 is 29.4. The number of halogens is 2. The summed E-state index contributed by atoms with van der Waals surface area (Å²) in [5, 5.41) is 5.81. The van der Waals surface area contributed by atoms with Crippen molar-refractivity contribution in [3.05, 3.63) is 41.2 Å². The molecule has 0 radical (unpaired) electrons. The van der Waals surface area contributed by atoms with E-state index in [1.54, 1.807) is 0 Å². The Hall–Kier alpha value is -2.81. The Balaban J connectivity index is 2.03. The normalized spacial score (nSPS) is 17.8. The molecule has 1 aromatic carbocycles. The van der Waals surface area contributed by atoms with Gasteiger partial charge in [-0.05, 0) is 58.4 Å². The van der Waals surface area contributed by atoms with Crippen molar-refractivity contribution in [3.8, 4) is 11.4 Å². The van der Waals surface area contributed by atoms with Crippen molar-refractivity contribution in [2.24, 2.45) is 5.41 Å². The van der Waals surface area contributed by atoms with Crippen LogP contribution in [0, 0.1) is 17.0 Å². The van der Waals surface area contributed by atoms with Crippen molar-refractivity contribution in [1.82, 2.24) is 25.1 Å². The first-order chi connectivity index (χ1) is 15.6. The van der Waals surface area contributed by atoms with Crippen LogP contribution in [-0.2, 0) is 17.9 Å². The Bertz CT molecular complexity index is 1100. The number of hydrogen-bond acceptors (Lipinski definition) is 4. The predicted octanol–water partition coefficient (Wildman–Crippen LogP) is 3.72. The van der Waals surface area contributed by atoms with Gasteiger partial charge in [0.2, 0.25) is 5.91 Å². The highest BCUT2D eigenvalue weighted by molar-refractivity contribution is 5.98. The second-order valence-corrected chi connectivity index (χ2v) is 11.2. The molecule has 0 fully saturated rings. The van der Waals surface area contributed by atoms with E-state index in [4.69, 9.17) is 0 Å². The van der Waals surface area contributed by atoms with Crippen LogP contribution in [0.1, 0.15) is 64.6 Å². The molecule has 34 heavy (non-hydrogen) atoms. The van der Waals surface area contributed by atoms with E-state index in [1.807, 2.05) is 60.1 Å². The maximum atomic E-state index is 14.0. The van der Waals surface area contributed by atoms with E-state index in [-0.39, 0.29) is 17.6 Å². The summed E-state index contributed by atoms with van der Waals surface area (Å²) in [5.74, 6) is -2.30. The molecular weight excluding hydrogens is 440 g/mol. The molecule has 2 N–H and O–H groups in total. The lowest BCUT2D eigenvalue weighted by Crippen LogP contribution is -2.57. The number of nitrogens with one attached hydrogen (secondary N) is 2. The fourth-order valence-electron chi connectivity index (χ4n) is 3.99. The summed E-state index contributed by atoms with van der Waals surface area (Å²) in [6.07, 6.45) is 0. The molecule has 1 aromatic heterocycles. The van der Waals surface area contributed by atoms with E-state index >= 15 is 0 Å². The number of aromatic nitrogens is 2. The van der Waals surface area contributed by atoms with Gasteiger partial charge in [0.05, 0.1) is 5.69 Å². The highest BCUT2D eigenvalue weighted by Gasteiger charge is 2.37. The first-order valence-corrected chi connectivity index (χ1v) is 11.5. The van der Waals surface area contributed by atoms with E-state index in [1.165, 1.54) is 6.07 Å². The Morgan fingerprint density at radius 3 is 2.32 bits per heavy atom. The Labute approximate surface area is 199 Å². The topological polar surface area (TPSA) is 79.3 Å². The zero-order chi connectivity index (χ0) is 25.6. The molecule has 0 saturated carbocycles. The largest absolute Gasteiger partial charge is 0.350 e. The average Bonchev–Trinajstić information content (AvgIpc) is 3.04. The number of nitrogens with zero attached hydrogens (tertiary/aromatic N) is 3. The third kappa shape index (κ3) is 5.46. The number of hydrogen-bond donors (Lipinski definition) is 2. The fourth-order valence-corrected chi connectivity index (χ4v) is 3.99. The quantitative estimate of drug-likeness (QED) is 0.707. The molecule has 2 amide bonds. The Morgan fingerprint density at radius 1 is 1.12 bits per heavy atom. The highest BCUT2D eigenvalue weighted by atomic mass is 19.2. The minimum atomic E-state index is -0.978. The fraction of sp³-hybridized carbons (Fsp3) is 0.560. The lowest BCUT2D eigenvalue weighted by Gasteiger charge is -2.34. The van der Waals surface area contributed by atoms with E-state index in [9.17, 15) is 18.4 Å². The number of likely N-dealkylation sites (N-methyl/N-ethyl adjacent to an activating group) is 1. The molecule has 0 bridgehead atoms. The van der Waals surface area contributed by atoms with Crippen molar-refractivity contribution in [3.63, 3.8) is 0 Å². The molecule has 2 atom stereocenters. The van der Waals surface area contributed by atoms with Gasteiger partial charge in [0.25, 0.3) is 5.91 Å². The first-order valence-electron chi connectivity index (χ1n) is 11.5. The zero-order valence-corrected chi connectivity index (χ0v) is 21.2. The Kier molecular flexibility index (Phi) is 6.90. The van der Waals surface area contributed by atoms with Crippen LogP contribution in [0.5, 0.6) is 0 Å². The molecule has 186 valence electrons. The van der Waals surface area contributed by atoms with Gasteiger partial charge < -0.3 is 15.2 Å². The molecule has 2 aromatic rings. The number of carbonyl (C=O) groups excluding carboxylic acids is 2. The summed E-state index contributed by atoms with van der Waals surface area (Å²) in [6.45, 7) is 14.3. The lowest BCUT2D eigenvalue weighted by molar-refractivity contribution is -0.126. The smallest absolute Gasteiger partial charge is 0.272 e. The molecule has 9 heteroatoms. The predicted molar refractivity (Wildman–Crippen MR) is 127 cm³/mol. The van der Waals surface area contributed by atoms with Crippen LogP contribution >= 0.6 is 0 Å². The number of rotatable bonds is 4. The minimum Gasteiger partial charge on any atom is -0.350 e. The van der Waals surface area contributed by atoms with Gasteiger partial charge in [-0.15, -0.1) is 0 Å². The van der Waals surface area contributed by atoms with Crippen molar-refractivity contribution < 1.29 is 18.4 Å². The van der Waals surface area contributed by atoms with Gasteiger partial charge in [0, 0.05) is 30.2 Å². The average molecular weight is 476 g/mol. The van der Waals surface area contributed by atoms with Gasteiger partial charge in [-0.25, -0.2) is 13.8 Å². The molecule has 7 nitrogen and oxygen atoms in total. The number of amides is 2. The number of fused-ring (bicyclic) bond motifs is 1. The van der Waals surface area contributed by atoms with Gasteiger partial charge in [-0.2, -0.15) is 0 Å². The molecule has 0 saturated heterocycles. The maximum Gasteiger partial charge on any atom is 0.272 e. The number of carbonyl (C=O) groups is 2. The van der Waals surface area contributed by atoms with Crippen molar-refractivity contribution >= 4 is 11.8 Å². The van der Waals surface area contributed by atoms with Gasteiger partial charge in [0.15, 0.2) is 17.3 Å². The minimum absolute atomic E-state index is 0.154. The zero-order valence-electron chi connectivity index (χ0n) is 21.2. The standard InChI is InChI=1S/C25H35F2N5O2/c1-14-12-32-18(13-31(14)8)19(28-21(32)15-9-10-16(26)17(27)11-15)22(33)29-20(24(2,3)4)23(34)30-25(5,6)7/h9-11,14,20H,12-13H2,1-8H3,(H,29,33)(H,30,34). The molecule has 1 aliphatic heterocycles. The monoisotopic (exact) mass is 475 g/mol. The van der Waals surface area contributed by atoms with Crippen LogP contribution in [-0.4, -0.2) is 50.9 Å². The van der Waals surface area contributed by atoms with Crippen LogP contribution in [0.15, 0.2) is 18.2 Å². The van der Waals surface area contributed by atoms with Crippen LogP contribution in [0.3, 0.4) is 0 Å². The van der Waals surface area contributed by atoms with Crippen molar-refractivity contribution in [2.45, 2.75) is 79.2 Å². The van der Waals surface area contributed by atoms with Gasteiger partial charge in [-0.3, -0.25) is 14.5 Å². The third-order valence-corrected chi connectivity index (χ3v) is 5.97. The molecule has 3 rings (SSSR count). The Morgan fingerprint density at radius 2 is 1.76 bits per heavy atom. The highest BCUT2D eigenvalue weighted by Crippen LogP contribution is 2.29.